The van der Waals surface area contributed by atoms with E-state index in [-0.39, 0.29) is 35.4 Å². The number of carbonyl (C=O) groups excluding carboxylic acids is 1. The Labute approximate surface area is 172 Å². The molecule has 2 aliphatic heterocycles. The number of halogens is 2. The highest BCUT2D eigenvalue weighted by atomic mass is 35.5. The van der Waals surface area contributed by atoms with Gasteiger partial charge < -0.3 is 9.64 Å². The molecule has 0 spiro atoms. The minimum absolute atomic E-state index is 0.0845. The van der Waals surface area contributed by atoms with E-state index in [0.29, 0.717) is 24.5 Å². The molecule has 0 aliphatic carbocycles. The summed E-state index contributed by atoms with van der Waals surface area (Å²) in [7, 11) is -4.15. The lowest BCUT2D eigenvalue weighted by molar-refractivity contribution is -0.127. The largest absolute Gasteiger partial charge is 0.378 e. The Balaban J connectivity index is 1.77. The topological polar surface area (TPSA) is 79.3 Å². The van der Waals surface area contributed by atoms with Gasteiger partial charge in [0.05, 0.1) is 25.4 Å². The van der Waals surface area contributed by atoms with E-state index in [1.54, 1.807) is 18.2 Å². The maximum absolute atomic E-state index is 13.2. The number of hydrogen-bond acceptors (Lipinski definition) is 6. The smallest absolute Gasteiger partial charge is 0.286 e. The van der Waals surface area contributed by atoms with Gasteiger partial charge in [-0.1, -0.05) is 23.7 Å². The fourth-order valence-corrected chi connectivity index (χ4v) is 4.92. The van der Waals surface area contributed by atoms with Gasteiger partial charge in [-0.2, -0.15) is 5.10 Å². The van der Waals surface area contributed by atoms with Gasteiger partial charge in [0.15, 0.2) is 0 Å². The Kier molecular flexibility index (Phi) is 5.28. The molecule has 2 aliphatic rings. The summed E-state index contributed by atoms with van der Waals surface area (Å²) in [5.74, 6) is -1.06. The standard InChI is InChI=1S/C19H17ClFN3O4S/c20-14-3-6-16-17(11-14)29(26,27)18(19(25)23-7-9-28-10-8-23)22-24(16)12-13-1-4-15(21)5-2-13/h1-6,11H,7-10,12H2. The average Bonchev–Trinajstić information content (AvgIpc) is 2.72. The second kappa shape index (κ2) is 7.74. The van der Waals surface area contributed by atoms with Gasteiger partial charge in [-0.25, -0.2) is 12.8 Å². The Bertz CT molecular complexity index is 1080. The lowest BCUT2D eigenvalue weighted by Crippen LogP contribution is -2.47. The first kappa shape index (κ1) is 19.8. The SMILES string of the molecule is O=C(C1=NN(Cc2ccc(F)cc2)c2ccc(Cl)cc2S1(=O)=O)N1CCOCC1. The molecule has 7 nitrogen and oxygen atoms in total. The molecule has 0 atom stereocenters. The van der Waals surface area contributed by atoms with Crippen molar-refractivity contribution in [2.45, 2.75) is 11.4 Å². The van der Waals surface area contributed by atoms with Crippen LogP contribution in [-0.2, 0) is 25.9 Å². The molecule has 10 heteroatoms. The van der Waals surface area contributed by atoms with Gasteiger partial charge in [0.2, 0.25) is 14.9 Å². The number of hydrogen-bond donors (Lipinski definition) is 0. The number of nitrogens with zero attached hydrogens (tertiary/aromatic N) is 3. The van der Waals surface area contributed by atoms with Gasteiger partial charge >= 0.3 is 0 Å². The highest BCUT2D eigenvalue weighted by Gasteiger charge is 2.39. The fourth-order valence-electron chi connectivity index (χ4n) is 3.18. The summed E-state index contributed by atoms with van der Waals surface area (Å²) in [5, 5.41) is 5.29. The lowest BCUT2D eigenvalue weighted by atomic mass is 10.2. The van der Waals surface area contributed by atoms with Crippen LogP contribution in [0.15, 0.2) is 52.5 Å². The van der Waals surface area contributed by atoms with Crippen molar-refractivity contribution in [3.63, 3.8) is 0 Å². The summed E-state index contributed by atoms with van der Waals surface area (Å²) in [6, 6.07) is 10.2. The number of rotatable bonds is 3. The fraction of sp³-hybridized carbons (Fsp3) is 0.263. The third-order valence-electron chi connectivity index (χ3n) is 4.68. The van der Waals surface area contributed by atoms with Gasteiger partial charge in [0.1, 0.15) is 10.7 Å². The first-order valence-electron chi connectivity index (χ1n) is 8.88. The molecule has 4 rings (SSSR count). The number of anilines is 1. The maximum Gasteiger partial charge on any atom is 0.286 e. The second-order valence-electron chi connectivity index (χ2n) is 6.61. The summed E-state index contributed by atoms with van der Waals surface area (Å²) >= 11 is 6.03. The van der Waals surface area contributed by atoms with Crippen molar-refractivity contribution in [2.24, 2.45) is 5.10 Å². The third-order valence-corrected chi connectivity index (χ3v) is 6.59. The molecule has 2 heterocycles. The molecule has 152 valence electrons. The number of carbonyl (C=O) groups is 1. The van der Waals surface area contributed by atoms with Crippen molar-refractivity contribution in [3.8, 4) is 0 Å². The molecular weight excluding hydrogens is 421 g/mol. The van der Waals surface area contributed by atoms with Crippen molar-refractivity contribution in [2.75, 3.05) is 31.3 Å². The van der Waals surface area contributed by atoms with Gasteiger partial charge in [-0.15, -0.1) is 0 Å². The van der Waals surface area contributed by atoms with E-state index in [4.69, 9.17) is 16.3 Å². The molecule has 0 saturated carbocycles. The van der Waals surface area contributed by atoms with Crippen molar-refractivity contribution in [1.29, 1.82) is 0 Å². The first-order chi connectivity index (χ1) is 13.9. The van der Waals surface area contributed by atoms with Crippen LogP contribution in [-0.4, -0.2) is 50.6 Å². The van der Waals surface area contributed by atoms with Crippen LogP contribution in [0.4, 0.5) is 10.1 Å². The van der Waals surface area contributed by atoms with Crippen LogP contribution in [0.3, 0.4) is 0 Å². The molecule has 0 radical (unpaired) electrons. The van der Waals surface area contributed by atoms with E-state index in [2.05, 4.69) is 5.10 Å². The van der Waals surface area contributed by atoms with Crippen molar-refractivity contribution in [3.05, 3.63) is 58.9 Å². The molecular formula is C19H17ClFN3O4S. The van der Waals surface area contributed by atoms with E-state index in [1.165, 1.54) is 34.2 Å². The summed E-state index contributed by atoms with van der Waals surface area (Å²) in [4.78, 5) is 14.3. The molecule has 2 aromatic rings. The lowest BCUT2D eigenvalue weighted by Gasteiger charge is -2.31. The Morgan fingerprint density at radius 1 is 1.14 bits per heavy atom. The molecule has 0 unspecified atom stereocenters. The zero-order valence-corrected chi connectivity index (χ0v) is 16.8. The van der Waals surface area contributed by atoms with Crippen LogP contribution in [0, 0.1) is 5.82 Å². The van der Waals surface area contributed by atoms with Crippen molar-refractivity contribution in [1.82, 2.24) is 4.90 Å². The highest BCUT2D eigenvalue weighted by molar-refractivity contribution is 8.08. The average molecular weight is 438 g/mol. The van der Waals surface area contributed by atoms with Crippen LogP contribution in [0.2, 0.25) is 5.02 Å². The summed E-state index contributed by atoms with van der Waals surface area (Å²) in [6.45, 7) is 1.40. The van der Waals surface area contributed by atoms with Crippen LogP contribution < -0.4 is 5.01 Å². The van der Waals surface area contributed by atoms with Crippen molar-refractivity contribution < 1.29 is 22.3 Å². The number of amides is 1. The normalized spacial score (nSPS) is 18.2. The number of benzene rings is 2. The molecule has 0 N–H and O–H groups in total. The number of sulfone groups is 1. The van der Waals surface area contributed by atoms with E-state index < -0.39 is 20.8 Å². The van der Waals surface area contributed by atoms with Gasteiger partial charge in [-0.05, 0) is 35.9 Å². The van der Waals surface area contributed by atoms with Crippen LogP contribution >= 0.6 is 11.6 Å². The Hall–Kier alpha value is -2.49. The summed E-state index contributed by atoms with van der Waals surface area (Å²) in [5.41, 5.74) is 1.01. The number of fused-ring (bicyclic) bond motifs is 1. The number of ether oxygens (including phenoxy) is 1. The van der Waals surface area contributed by atoms with Crippen LogP contribution in [0.25, 0.3) is 0 Å². The molecule has 1 saturated heterocycles. The molecule has 1 amide bonds. The van der Waals surface area contributed by atoms with E-state index in [9.17, 15) is 17.6 Å². The highest BCUT2D eigenvalue weighted by Crippen LogP contribution is 2.35. The molecule has 0 aromatic heterocycles. The quantitative estimate of drug-likeness (QED) is 0.737. The number of morpholine rings is 1. The van der Waals surface area contributed by atoms with Gasteiger partial charge in [0, 0.05) is 18.1 Å². The molecule has 1 fully saturated rings. The monoisotopic (exact) mass is 437 g/mol. The van der Waals surface area contributed by atoms with Gasteiger partial charge in [-0.3, -0.25) is 9.80 Å². The predicted molar refractivity (Wildman–Crippen MR) is 106 cm³/mol. The molecule has 0 bridgehead atoms. The summed E-state index contributed by atoms with van der Waals surface area (Å²) in [6.07, 6.45) is 0. The predicted octanol–water partition coefficient (Wildman–Crippen LogP) is 2.45. The Morgan fingerprint density at radius 3 is 2.52 bits per heavy atom. The van der Waals surface area contributed by atoms with Gasteiger partial charge in [0.25, 0.3) is 5.91 Å². The van der Waals surface area contributed by atoms with Crippen molar-refractivity contribution >= 4 is 38.1 Å². The zero-order valence-electron chi connectivity index (χ0n) is 15.2. The van der Waals surface area contributed by atoms with Crippen LogP contribution in [0.1, 0.15) is 5.56 Å². The first-order valence-corrected chi connectivity index (χ1v) is 10.7. The number of hydrazone groups is 1. The third kappa shape index (κ3) is 3.85. The zero-order chi connectivity index (χ0) is 20.6. The molecule has 29 heavy (non-hydrogen) atoms. The van der Waals surface area contributed by atoms with E-state index in [0.717, 1.165) is 0 Å². The maximum atomic E-state index is 13.2. The second-order valence-corrected chi connectivity index (χ2v) is 8.88. The van der Waals surface area contributed by atoms with Crippen LogP contribution in [0.5, 0.6) is 0 Å². The minimum Gasteiger partial charge on any atom is -0.378 e. The van der Waals surface area contributed by atoms with E-state index >= 15 is 0 Å². The Morgan fingerprint density at radius 2 is 1.83 bits per heavy atom. The van der Waals surface area contributed by atoms with E-state index in [1.807, 2.05) is 0 Å². The summed E-state index contributed by atoms with van der Waals surface area (Å²) < 4.78 is 44.7. The minimum atomic E-state index is -4.15. The molecule has 2 aromatic carbocycles.